The first-order chi connectivity index (χ1) is 47.1. The molecule has 11 heteroatoms. The van der Waals surface area contributed by atoms with Crippen molar-refractivity contribution in [1.29, 1.82) is 0 Å². The zero-order valence-corrected chi connectivity index (χ0v) is 51.3. The number of fused-ring (bicyclic) bond motifs is 17. The van der Waals surface area contributed by atoms with Crippen molar-refractivity contribution in [3.8, 4) is 90.8 Å². The van der Waals surface area contributed by atoms with Gasteiger partial charge in [-0.1, -0.05) is 200 Å². The van der Waals surface area contributed by atoms with Gasteiger partial charge in [-0.3, -0.25) is 0 Å². The summed E-state index contributed by atoms with van der Waals surface area (Å²) in [6, 6.07) is 101. The van der Waals surface area contributed by atoms with Gasteiger partial charge in [0.05, 0.1) is 38.7 Å². The fourth-order valence-electron chi connectivity index (χ4n) is 14.4. The van der Waals surface area contributed by atoms with Crippen LogP contribution in [0.5, 0.6) is 0 Å². The van der Waals surface area contributed by atoms with Gasteiger partial charge in [-0.2, -0.15) is 0 Å². The molecule has 442 valence electrons. The van der Waals surface area contributed by atoms with Crippen molar-refractivity contribution in [2.75, 3.05) is 0 Å². The molecule has 95 heavy (non-hydrogen) atoms. The van der Waals surface area contributed by atoms with Gasteiger partial charge < -0.3 is 18.0 Å². The molecule has 0 aliphatic heterocycles. The van der Waals surface area contributed by atoms with E-state index in [2.05, 4.69) is 209 Å². The summed E-state index contributed by atoms with van der Waals surface area (Å²) in [4.78, 5) is 31.4. The SMILES string of the molecule is c1ccc(-c2nc(-c3ccccc3)nc(-c3ccccc3-n3c4ccccc4c4c5oc6c(-c7cccc(-c8nc(-c9ccc(-n%10c%11ccccc%11c%11c%12sc%13ccccc%13c%12ccc%11%10)cc9)nc(-c9cccc%10c9oc9ccccc9%10)n8)c7)cccc6c5ccc43)n2)cc1. The minimum absolute atomic E-state index is 0.506. The smallest absolute Gasteiger partial charge is 0.167 e. The molecule has 7 heterocycles. The summed E-state index contributed by atoms with van der Waals surface area (Å²) < 4.78 is 21.3. The molecule has 0 unspecified atom stereocenters. The van der Waals surface area contributed by atoms with E-state index in [0.717, 1.165) is 133 Å². The highest BCUT2D eigenvalue weighted by atomic mass is 32.1. The number of hydrogen-bond donors (Lipinski definition) is 0. The Kier molecular flexibility index (Phi) is 11.7. The molecule has 0 fully saturated rings. The molecule has 20 rings (SSSR count). The summed E-state index contributed by atoms with van der Waals surface area (Å²) in [6.07, 6.45) is 0. The van der Waals surface area contributed by atoms with E-state index >= 15 is 0 Å². The molecule has 20 aromatic rings. The van der Waals surface area contributed by atoms with Crippen LogP contribution in [0.15, 0.2) is 300 Å². The topological polar surface area (TPSA) is 113 Å². The number of benzene rings is 13. The van der Waals surface area contributed by atoms with Gasteiger partial charge >= 0.3 is 0 Å². The second-order valence-electron chi connectivity index (χ2n) is 24.0. The van der Waals surface area contributed by atoms with Crippen LogP contribution in [0.25, 0.3) is 198 Å². The van der Waals surface area contributed by atoms with Gasteiger partial charge in [0, 0.05) is 96.9 Å². The zero-order chi connectivity index (χ0) is 62.2. The first-order valence-electron chi connectivity index (χ1n) is 31.7. The van der Waals surface area contributed by atoms with Gasteiger partial charge in [-0.25, -0.2) is 29.9 Å². The lowest BCUT2D eigenvalue weighted by Gasteiger charge is -2.14. The van der Waals surface area contributed by atoms with Crippen LogP contribution in [0, 0.1) is 0 Å². The molecule has 0 aliphatic carbocycles. The maximum atomic E-state index is 7.33. The Hall–Kier alpha value is -12.7. The molecule has 0 N–H and O–H groups in total. The Morgan fingerprint density at radius 1 is 0.263 bits per heavy atom. The quantitative estimate of drug-likeness (QED) is 0.140. The van der Waals surface area contributed by atoms with Crippen LogP contribution in [0.1, 0.15) is 0 Å². The molecule has 13 aromatic carbocycles. The van der Waals surface area contributed by atoms with Crippen LogP contribution in [0.2, 0.25) is 0 Å². The Morgan fingerprint density at radius 3 is 1.47 bits per heavy atom. The summed E-state index contributed by atoms with van der Waals surface area (Å²) in [5.74, 6) is 3.34. The maximum Gasteiger partial charge on any atom is 0.167 e. The van der Waals surface area contributed by atoms with Crippen molar-refractivity contribution in [3.05, 3.63) is 291 Å². The first-order valence-corrected chi connectivity index (χ1v) is 32.5. The first kappa shape index (κ1) is 53.0. The van der Waals surface area contributed by atoms with Crippen molar-refractivity contribution >= 4 is 119 Å². The number of rotatable bonds is 9. The minimum Gasteiger partial charge on any atom is -0.455 e. The molecule has 7 aromatic heterocycles. The van der Waals surface area contributed by atoms with E-state index < -0.39 is 0 Å². The standard InChI is InChI=1S/C84H48N8O2S/c1-3-20-49(21-4-1)79-85-80(50-22-5-2-6-23-50)88-83(87-79)64-30-9-14-37-68(64)92-67-36-13-7-28-62(67)73-69(92)46-44-60-59-33-18-31-55(75(59)94-77(60)73)52-24-17-25-53(48-52)82-86-81(89-84(90-82)65-34-19-32-58-56-26-10-15-38-71(56)93-76(58)65)51-40-42-54(43-41-51)91-66-35-12-8-29-63(66)74-70(91)47-45-61-57-27-11-16-39-72(57)95-78(61)74/h1-48H. The zero-order valence-electron chi connectivity index (χ0n) is 50.5. The van der Waals surface area contributed by atoms with E-state index in [1.54, 1.807) is 0 Å². The van der Waals surface area contributed by atoms with Gasteiger partial charge in [-0.05, 0) is 96.6 Å². The fourth-order valence-corrected chi connectivity index (χ4v) is 15.6. The van der Waals surface area contributed by atoms with Crippen LogP contribution in [0.3, 0.4) is 0 Å². The largest absolute Gasteiger partial charge is 0.455 e. The number of para-hydroxylation sites is 6. The summed E-state index contributed by atoms with van der Waals surface area (Å²) in [5.41, 5.74) is 16.4. The number of thiophene rings is 1. The Bertz CT molecular complexity index is 6480. The lowest BCUT2D eigenvalue weighted by atomic mass is 10.00. The fraction of sp³-hybridized carbons (Fsp3) is 0. The molecular weight excluding hydrogens is 1190 g/mol. The summed E-state index contributed by atoms with van der Waals surface area (Å²) >= 11 is 1.86. The normalized spacial score (nSPS) is 12.0. The summed E-state index contributed by atoms with van der Waals surface area (Å²) in [5, 5.41) is 11.2. The molecule has 0 aliphatic rings. The highest BCUT2D eigenvalue weighted by Crippen LogP contribution is 2.47. The van der Waals surface area contributed by atoms with E-state index in [-0.39, 0.29) is 0 Å². The van der Waals surface area contributed by atoms with Gasteiger partial charge in [0.1, 0.15) is 22.3 Å². The highest BCUT2D eigenvalue weighted by molar-refractivity contribution is 7.26. The molecule has 0 bridgehead atoms. The van der Waals surface area contributed by atoms with Crippen molar-refractivity contribution in [2.45, 2.75) is 0 Å². The van der Waals surface area contributed by atoms with Crippen LogP contribution in [0.4, 0.5) is 0 Å². The van der Waals surface area contributed by atoms with E-state index in [9.17, 15) is 0 Å². The number of hydrogen-bond acceptors (Lipinski definition) is 9. The van der Waals surface area contributed by atoms with E-state index in [0.29, 0.717) is 34.9 Å². The average molecular weight is 1230 g/mol. The number of furan rings is 2. The maximum absolute atomic E-state index is 7.33. The van der Waals surface area contributed by atoms with Crippen molar-refractivity contribution < 1.29 is 8.83 Å². The van der Waals surface area contributed by atoms with Gasteiger partial charge in [-0.15, -0.1) is 11.3 Å². The van der Waals surface area contributed by atoms with Crippen molar-refractivity contribution in [2.24, 2.45) is 0 Å². The van der Waals surface area contributed by atoms with E-state index in [1.807, 2.05) is 102 Å². The lowest BCUT2D eigenvalue weighted by Crippen LogP contribution is -2.03. The molecule has 0 saturated heterocycles. The average Bonchev–Trinajstić information content (AvgIpc) is 1.57. The predicted molar refractivity (Wildman–Crippen MR) is 387 cm³/mol. The molecule has 0 saturated carbocycles. The Balaban J connectivity index is 0.723. The van der Waals surface area contributed by atoms with Crippen molar-refractivity contribution in [3.63, 3.8) is 0 Å². The van der Waals surface area contributed by atoms with Gasteiger partial charge in [0.2, 0.25) is 0 Å². The number of aromatic nitrogens is 8. The molecule has 0 spiro atoms. The third kappa shape index (κ3) is 8.29. The lowest BCUT2D eigenvalue weighted by molar-refractivity contribution is 0.669. The molecule has 0 radical (unpaired) electrons. The van der Waals surface area contributed by atoms with Crippen LogP contribution >= 0.6 is 11.3 Å². The van der Waals surface area contributed by atoms with Gasteiger partial charge in [0.25, 0.3) is 0 Å². The Morgan fingerprint density at radius 2 is 0.737 bits per heavy atom. The predicted octanol–water partition coefficient (Wildman–Crippen LogP) is 22.1. The van der Waals surface area contributed by atoms with Crippen LogP contribution in [-0.4, -0.2) is 39.0 Å². The molecule has 0 amide bonds. The Labute approximate surface area is 545 Å². The second-order valence-corrected chi connectivity index (χ2v) is 25.1. The monoisotopic (exact) mass is 1230 g/mol. The van der Waals surface area contributed by atoms with Crippen LogP contribution < -0.4 is 0 Å². The molecule has 10 nitrogen and oxygen atoms in total. The van der Waals surface area contributed by atoms with E-state index in [1.165, 1.54) is 30.9 Å². The second kappa shape index (κ2) is 20.9. The van der Waals surface area contributed by atoms with Gasteiger partial charge in [0.15, 0.2) is 34.9 Å². The third-order valence-electron chi connectivity index (χ3n) is 18.7. The highest BCUT2D eigenvalue weighted by Gasteiger charge is 2.25. The summed E-state index contributed by atoms with van der Waals surface area (Å²) in [6.45, 7) is 0. The molecule has 0 atom stereocenters. The minimum atomic E-state index is 0.506. The number of nitrogens with zero attached hydrogens (tertiary/aromatic N) is 8. The van der Waals surface area contributed by atoms with Crippen molar-refractivity contribution in [1.82, 2.24) is 39.0 Å². The third-order valence-corrected chi connectivity index (χ3v) is 19.9. The summed E-state index contributed by atoms with van der Waals surface area (Å²) in [7, 11) is 0. The van der Waals surface area contributed by atoms with Crippen LogP contribution in [-0.2, 0) is 0 Å². The molecular formula is C84H48N8O2S. The van der Waals surface area contributed by atoms with E-state index in [4.69, 9.17) is 38.7 Å².